The summed E-state index contributed by atoms with van der Waals surface area (Å²) >= 11 is 0. The Morgan fingerprint density at radius 1 is 1.03 bits per heavy atom. The maximum absolute atomic E-state index is 13.0. The van der Waals surface area contributed by atoms with Crippen molar-refractivity contribution in [2.24, 2.45) is 0 Å². The molecule has 1 aromatic heterocycles. The van der Waals surface area contributed by atoms with Crippen molar-refractivity contribution in [3.05, 3.63) is 47.8 Å². The number of benzene rings is 1. The molecule has 7 nitrogen and oxygen atoms in total. The average Bonchev–Trinajstić information content (AvgIpc) is 3.29. The maximum Gasteiger partial charge on any atom is 0.281 e. The van der Waals surface area contributed by atoms with Crippen molar-refractivity contribution >= 4 is 21.6 Å². The van der Waals surface area contributed by atoms with E-state index in [2.05, 4.69) is 5.32 Å². The van der Waals surface area contributed by atoms with Crippen LogP contribution < -0.4 is 10.1 Å². The molecule has 2 saturated heterocycles. The third kappa shape index (κ3) is 4.61. The van der Waals surface area contributed by atoms with Crippen LogP contribution in [-0.4, -0.2) is 55.3 Å². The topological polar surface area (TPSA) is 74.8 Å². The van der Waals surface area contributed by atoms with Crippen molar-refractivity contribution < 1.29 is 13.2 Å². The van der Waals surface area contributed by atoms with E-state index in [1.165, 1.54) is 0 Å². The normalized spacial score (nSPS) is 20.9. The van der Waals surface area contributed by atoms with Gasteiger partial charge in [-0.15, -0.1) is 0 Å². The number of hydrogen-bond acceptors (Lipinski definition) is 5. The van der Waals surface area contributed by atoms with Crippen LogP contribution in [0.15, 0.2) is 36.4 Å². The number of rotatable bonds is 6. The highest BCUT2D eigenvalue weighted by molar-refractivity contribution is 7.86. The summed E-state index contributed by atoms with van der Waals surface area (Å²) in [5.74, 6) is 0.892. The molecule has 2 aliphatic rings. The molecule has 1 unspecified atom stereocenters. The second-order valence-electron chi connectivity index (χ2n) is 8.09. The van der Waals surface area contributed by atoms with Crippen LogP contribution in [0, 0.1) is 6.92 Å². The molecular weight excluding hydrogens is 400 g/mol. The number of anilines is 2. The molecule has 0 amide bonds. The third-order valence-electron chi connectivity index (χ3n) is 5.85. The van der Waals surface area contributed by atoms with Crippen molar-refractivity contribution in [3.8, 4) is 5.75 Å². The van der Waals surface area contributed by atoms with Crippen LogP contribution in [0.25, 0.3) is 0 Å². The summed E-state index contributed by atoms with van der Waals surface area (Å²) in [6.07, 6.45) is 3.71. The van der Waals surface area contributed by atoms with E-state index in [0.717, 1.165) is 54.2 Å². The molecule has 8 heteroatoms. The van der Waals surface area contributed by atoms with Gasteiger partial charge >= 0.3 is 0 Å². The van der Waals surface area contributed by atoms with Crippen LogP contribution >= 0.6 is 0 Å². The Labute approximate surface area is 179 Å². The van der Waals surface area contributed by atoms with E-state index in [4.69, 9.17) is 9.72 Å². The van der Waals surface area contributed by atoms with Gasteiger partial charge in [-0.05, 0) is 56.9 Å². The molecular formula is C22H30N4O3S. The summed E-state index contributed by atoms with van der Waals surface area (Å²) < 4.78 is 34.6. The lowest BCUT2D eigenvalue weighted by Gasteiger charge is -2.34. The number of aryl methyl sites for hydroxylation is 1. The zero-order valence-electron chi connectivity index (χ0n) is 17.7. The summed E-state index contributed by atoms with van der Waals surface area (Å²) in [6, 6.07) is 11.8. The summed E-state index contributed by atoms with van der Waals surface area (Å²) in [4.78, 5) is 4.75. The first-order valence-corrected chi connectivity index (χ1v) is 12.0. The maximum atomic E-state index is 13.0. The van der Waals surface area contributed by atoms with Crippen molar-refractivity contribution in [1.82, 2.24) is 13.6 Å². The van der Waals surface area contributed by atoms with Gasteiger partial charge < -0.3 is 10.1 Å². The number of pyridine rings is 1. The molecule has 3 heterocycles. The minimum Gasteiger partial charge on any atom is -0.497 e. The molecule has 2 fully saturated rings. The summed E-state index contributed by atoms with van der Waals surface area (Å²) in [5.41, 5.74) is 3.75. The lowest BCUT2D eigenvalue weighted by Crippen LogP contribution is -2.46. The van der Waals surface area contributed by atoms with E-state index >= 15 is 0 Å². The Morgan fingerprint density at radius 3 is 2.57 bits per heavy atom. The van der Waals surface area contributed by atoms with Gasteiger partial charge in [0.15, 0.2) is 0 Å². The molecule has 162 valence electrons. The number of piperidine rings is 1. The van der Waals surface area contributed by atoms with Gasteiger partial charge in [0.25, 0.3) is 10.2 Å². The van der Waals surface area contributed by atoms with Crippen molar-refractivity contribution in [3.63, 3.8) is 0 Å². The molecule has 1 aromatic carbocycles. The molecule has 1 atom stereocenters. The Morgan fingerprint density at radius 2 is 1.80 bits per heavy atom. The Hall–Kier alpha value is -2.16. The summed E-state index contributed by atoms with van der Waals surface area (Å²) in [7, 11) is -1.72. The van der Waals surface area contributed by atoms with Crippen molar-refractivity contribution in [2.75, 3.05) is 38.6 Å². The fourth-order valence-electron chi connectivity index (χ4n) is 4.32. The van der Waals surface area contributed by atoms with E-state index in [9.17, 15) is 8.42 Å². The Balaban J connectivity index is 1.53. The number of nitrogens with zero attached hydrogens (tertiary/aromatic N) is 3. The number of aromatic nitrogens is 1. The molecule has 0 bridgehead atoms. The molecule has 2 aromatic rings. The lowest BCUT2D eigenvalue weighted by molar-refractivity contribution is 0.290. The van der Waals surface area contributed by atoms with Gasteiger partial charge in [-0.1, -0.05) is 6.07 Å². The smallest absolute Gasteiger partial charge is 0.281 e. The monoisotopic (exact) mass is 430 g/mol. The van der Waals surface area contributed by atoms with Crippen LogP contribution in [0.5, 0.6) is 5.75 Å². The van der Waals surface area contributed by atoms with E-state index in [0.29, 0.717) is 26.2 Å². The highest BCUT2D eigenvalue weighted by Gasteiger charge is 2.35. The standard InChI is InChI=1S/C22H30N4O3S/c1-17-13-20(24-19-8-5-9-21(14-19)29-2)15-22(23-17)18-7-6-12-26(16-18)30(27,28)25-10-3-4-11-25/h5,8-9,13-15,18H,3-4,6-7,10-12,16H2,1-2H3,(H,23,24). The van der Waals surface area contributed by atoms with Crippen molar-refractivity contribution in [1.29, 1.82) is 0 Å². The molecule has 0 radical (unpaired) electrons. The van der Waals surface area contributed by atoms with Gasteiger partial charge in [0.2, 0.25) is 0 Å². The van der Waals surface area contributed by atoms with Crippen molar-refractivity contribution in [2.45, 2.75) is 38.5 Å². The molecule has 4 rings (SSSR count). The fourth-order valence-corrected chi connectivity index (χ4v) is 6.09. The molecule has 1 N–H and O–H groups in total. The summed E-state index contributed by atoms with van der Waals surface area (Å²) in [6.45, 7) is 4.34. The first-order chi connectivity index (χ1) is 14.5. The van der Waals surface area contributed by atoms with Crippen LogP contribution in [0.2, 0.25) is 0 Å². The highest BCUT2D eigenvalue weighted by atomic mass is 32.2. The number of nitrogens with one attached hydrogen (secondary N) is 1. The Bertz CT molecular complexity index is 990. The number of hydrogen-bond donors (Lipinski definition) is 1. The predicted molar refractivity (Wildman–Crippen MR) is 119 cm³/mol. The first kappa shape index (κ1) is 21.1. The minimum absolute atomic E-state index is 0.0990. The highest BCUT2D eigenvalue weighted by Crippen LogP contribution is 2.31. The molecule has 0 saturated carbocycles. The van der Waals surface area contributed by atoms with Crippen LogP contribution in [0.3, 0.4) is 0 Å². The number of methoxy groups -OCH3 is 1. The zero-order chi connectivity index (χ0) is 21.1. The molecule has 2 aliphatic heterocycles. The van der Waals surface area contributed by atoms with Gasteiger partial charge in [0.1, 0.15) is 5.75 Å². The Kier molecular flexibility index (Phi) is 6.26. The van der Waals surface area contributed by atoms with E-state index in [1.54, 1.807) is 15.7 Å². The quantitative estimate of drug-likeness (QED) is 0.757. The first-order valence-electron chi connectivity index (χ1n) is 10.6. The molecule has 30 heavy (non-hydrogen) atoms. The van der Waals surface area contributed by atoms with Crippen LogP contribution in [0.1, 0.15) is 43.0 Å². The summed E-state index contributed by atoms with van der Waals surface area (Å²) in [5, 5.41) is 3.43. The zero-order valence-corrected chi connectivity index (χ0v) is 18.5. The second kappa shape index (κ2) is 8.91. The fraction of sp³-hybridized carbons (Fsp3) is 0.500. The second-order valence-corrected chi connectivity index (χ2v) is 10.0. The third-order valence-corrected chi connectivity index (χ3v) is 7.85. The largest absolute Gasteiger partial charge is 0.497 e. The minimum atomic E-state index is -3.37. The predicted octanol–water partition coefficient (Wildman–Crippen LogP) is 3.66. The van der Waals surface area contributed by atoms with Gasteiger partial charge in [0.05, 0.1) is 7.11 Å². The van der Waals surface area contributed by atoms with Gasteiger partial charge in [-0.2, -0.15) is 17.0 Å². The SMILES string of the molecule is COc1cccc(Nc2cc(C)nc(C3CCCN(S(=O)(=O)N4CCCC4)C3)c2)c1. The molecule has 0 spiro atoms. The van der Waals surface area contributed by atoms with Gasteiger partial charge in [0, 0.05) is 60.9 Å². The van der Waals surface area contributed by atoms with Gasteiger partial charge in [-0.3, -0.25) is 4.98 Å². The lowest BCUT2D eigenvalue weighted by atomic mass is 9.95. The van der Waals surface area contributed by atoms with Gasteiger partial charge in [-0.25, -0.2) is 0 Å². The van der Waals surface area contributed by atoms with E-state index in [1.807, 2.05) is 43.3 Å². The number of ether oxygens (including phenoxy) is 1. The van der Waals surface area contributed by atoms with Crippen LogP contribution in [0.4, 0.5) is 11.4 Å². The van der Waals surface area contributed by atoms with Crippen LogP contribution in [-0.2, 0) is 10.2 Å². The van der Waals surface area contributed by atoms with E-state index < -0.39 is 10.2 Å². The average molecular weight is 431 g/mol. The molecule has 0 aliphatic carbocycles. The van der Waals surface area contributed by atoms with E-state index in [-0.39, 0.29) is 5.92 Å².